The number of carbonyl (C=O) groups is 2. The highest BCUT2D eigenvalue weighted by Crippen LogP contribution is 2.22. The first-order valence-corrected chi connectivity index (χ1v) is 15.0. The normalized spacial score (nSPS) is 13.0. The summed E-state index contributed by atoms with van der Waals surface area (Å²) in [7, 11) is -3.52. The number of hydrogen-bond donors (Lipinski definition) is 1. The molecule has 37 heavy (non-hydrogen) atoms. The molecule has 0 aliphatic rings. The number of rotatable bonds is 14. The van der Waals surface area contributed by atoms with Crippen molar-refractivity contribution in [1.29, 1.82) is 0 Å². The van der Waals surface area contributed by atoms with Crippen molar-refractivity contribution in [3.05, 3.63) is 65.2 Å². The zero-order valence-electron chi connectivity index (χ0n) is 23.2. The first-order valence-electron chi connectivity index (χ1n) is 13.2. The maximum atomic E-state index is 13.5. The van der Waals surface area contributed by atoms with Gasteiger partial charge in [-0.25, -0.2) is 8.42 Å². The highest BCUT2D eigenvalue weighted by molar-refractivity contribution is 7.92. The van der Waals surface area contributed by atoms with Crippen LogP contribution in [0.3, 0.4) is 0 Å². The minimum Gasteiger partial charge on any atom is -0.352 e. The molecule has 8 heteroatoms. The Bertz CT molecular complexity index is 1110. The van der Waals surface area contributed by atoms with E-state index in [2.05, 4.69) is 5.32 Å². The maximum absolute atomic E-state index is 13.5. The number of carbonyl (C=O) groups excluding carboxylic acids is 2. The molecule has 0 bridgehead atoms. The summed E-state index contributed by atoms with van der Waals surface area (Å²) in [6, 6.07) is 15.0. The van der Waals surface area contributed by atoms with Crippen LogP contribution >= 0.6 is 0 Å². The van der Waals surface area contributed by atoms with E-state index < -0.39 is 16.1 Å². The Hall–Kier alpha value is -2.87. The lowest BCUT2D eigenvalue weighted by atomic mass is 10.1. The molecule has 0 unspecified atom stereocenters. The lowest BCUT2D eigenvalue weighted by Crippen LogP contribution is -2.51. The quantitative estimate of drug-likeness (QED) is 0.387. The van der Waals surface area contributed by atoms with E-state index >= 15 is 0 Å². The second-order valence-electron chi connectivity index (χ2n) is 9.85. The number of nitrogens with one attached hydrogen (secondary N) is 1. The summed E-state index contributed by atoms with van der Waals surface area (Å²) in [6.07, 6.45) is 3.63. The zero-order chi connectivity index (χ0) is 27.6. The molecule has 0 radical (unpaired) electrons. The Labute approximate surface area is 223 Å². The van der Waals surface area contributed by atoms with Gasteiger partial charge in [-0.15, -0.1) is 0 Å². The summed E-state index contributed by atoms with van der Waals surface area (Å²) in [5, 5.41) is 3.02. The van der Waals surface area contributed by atoms with Gasteiger partial charge >= 0.3 is 0 Å². The van der Waals surface area contributed by atoms with Crippen LogP contribution in [0, 0.1) is 13.8 Å². The molecule has 2 atom stereocenters. The lowest BCUT2D eigenvalue weighted by molar-refractivity contribution is -0.141. The molecule has 0 aliphatic carbocycles. The predicted octanol–water partition coefficient (Wildman–Crippen LogP) is 4.61. The molecule has 7 nitrogen and oxygen atoms in total. The Morgan fingerprint density at radius 2 is 1.57 bits per heavy atom. The molecular weight excluding hydrogens is 486 g/mol. The van der Waals surface area contributed by atoms with Gasteiger partial charge in [0.25, 0.3) is 0 Å². The Kier molecular flexibility index (Phi) is 11.6. The Morgan fingerprint density at radius 1 is 0.946 bits per heavy atom. The highest BCUT2D eigenvalue weighted by Gasteiger charge is 2.29. The van der Waals surface area contributed by atoms with Crippen LogP contribution in [0.25, 0.3) is 0 Å². The molecule has 0 aromatic heterocycles. The van der Waals surface area contributed by atoms with Crippen molar-refractivity contribution in [1.82, 2.24) is 10.2 Å². The van der Waals surface area contributed by atoms with Crippen molar-refractivity contribution in [2.24, 2.45) is 0 Å². The second-order valence-corrected chi connectivity index (χ2v) is 11.8. The molecule has 1 N–H and O–H groups in total. The van der Waals surface area contributed by atoms with Crippen LogP contribution in [0.1, 0.15) is 63.1 Å². The van der Waals surface area contributed by atoms with Gasteiger partial charge < -0.3 is 10.2 Å². The van der Waals surface area contributed by atoms with Gasteiger partial charge in [0.2, 0.25) is 21.8 Å². The van der Waals surface area contributed by atoms with Gasteiger partial charge in [-0.3, -0.25) is 13.9 Å². The number of amides is 2. The fourth-order valence-corrected chi connectivity index (χ4v) is 5.38. The summed E-state index contributed by atoms with van der Waals surface area (Å²) in [5.41, 5.74) is 3.65. The smallest absolute Gasteiger partial charge is 0.243 e. The SMILES string of the molecule is CC[C@H](C(=O)N[C@@H](C)CC)N(CCc1ccccc1)C(=O)CCCN(c1cc(C)cc(C)c1)S(C)(=O)=O. The molecule has 2 amide bonds. The number of sulfonamides is 1. The van der Waals surface area contributed by atoms with Crippen molar-refractivity contribution in [3.63, 3.8) is 0 Å². The first-order chi connectivity index (χ1) is 17.5. The molecule has 2 aromatic rings. The van der Waals surface area contributed by atoms with Gasteiger partial charge in [-0.05, 0) is 75.3 Å². The van der Waals surface area contributed by atoms with Crippen LogP contribution in [-0.2, 0) is 26.0 Å². The number of aryl methyl sites for hydroxylation is 2. The van der Waals surface area contributed by atoms with Crippen LogP contribution in [0.4, 0.5) is 5.69 Å². The van der Waals surface area contributed by atoms with E-state index in [1.54, 1.807) is 4.90 Å². The number of anilines is 1. The van der Waals surface area contributed by atoms with Gasteiger partial charge in [0.05, 0.1) is 11.9 Å². The van der Waals surface area contributed by atoms with Crippen LogP contribution in [-0.4, -0.2) is 56.6 Å². The van der Waals surface area contributed by atoms with E-state index in [4.69, 9.17) is 0 Å². The molecule has 2 rings (SSSR count). The summed E-state index contributed by atoms with van der Waals surface area (Å²) in [6.45, 7) is 10.3. The summed E-state index contributed by atoms with van der Waals surface area (Å²) in [4.78, 5) is 28.2. The Balaban J connectivity index is 2.19. The van der Waals surface area contributed by atoms with Crippen molar-refractivity contribution in [2.75, 3.05) is 23.7 Å². The van der Waals surface area contributed by atoms with E-state index in [9.17, 15) is 18.0 Å². The maximum Gasteiger partial charge on any atom is 0.243 e. The minimum absolute atomic E-state index is 0.0220. The highest BCUT2D eigenvalue weighted by atomic mass is 32.2. The third-order valence-corrected chi connectivity index (χ3v) is 7.71. The molecule has 0 heterocycles. The standard InChI is InChI=1S/C29H43N3O4S/c1-7-24(5)30-29(34)27(8-2)31(18-16-25-13-10-9-11-14-25)28(33)15-12-17-32(37(6,35)36)26-20-22(3)19-23(4)21-26/h9-11,13-14,19-21,24,27H,7-8,12,15-18H2,1-6H3,(H,30,34)/t24-,27+/m0/s1. The zero-order valence-corrected chi connectivity index (χ0v) is 24.0. The van der Waals surface area contributed by atoms with Gasteiger partial charge in [0, 0.05) is 25.6 Å². The topological polar surface area (TPSA) is 86.8 Å². The molecule has 0 spiro atoms. The molecular formula is C29H43N3O4S. The van der Waals surface area contributed by atoms with Crippen LogP contribution in [0.5, 0.6) is 0 Å². The first kappa shape index (κ1) is 30.4. The molecule has 0 aliphatic heterocycles. The number of nitrogens with zero attached hydrogens (tertiary/aromatic N) is 2. The lowest BCUT2D eigenvalue weighted by Gasteiger charge is -2.32. The third kappa shape index (κ3) is 9.50. The van der Waals surface area contributed by atoms with E-state index in [1.165, 1.54) is 10.6 Å². The van der Waals surface area contributed by atoms with E-state index in [0.29, 0.717) is 31.5 Å². The Morgan fingerprint density at radius 3 is 2.11 bits per heavy atom. The average Bonchev–Trinajstić information content (AvgIpc) is 2.83. The third-order valence-electron chi connectivity index (χ3n) is 6.52. The fourth-order valence-electron chi connectivity index (χ4n) is 4.44. The molecule has 204 valence electrons. The predicted molar refractivity (Wildman–Crippen MR) is 151 cm³/mol. The summed E-state index contributed by atoms with van der Waals surface area (Å²) in [5.74, 6) is -0.290. The fraction of sp³-hybridized carbons (Fsp3) is 0.517. The molecule has 0 saturated carbocycles. The van der Waals surface area contributed by atoms with Gasteiger partial charge in [0.15, 0.2) is 0 Å². The van der Waals surface area contributed by atoms with Crippen LogP contribution in [0.15, 0.2) is 48.5 Å². The summed E-state index contributed by atoms with van der Waals surface area (Å²) >= 11 is 0. The second kappa shape index (κ2) is 14.2. The molecule has 0 saturated heterocycles. The number of hydrogen-bond acceptors (Lipinski definition) is 4. The van der Waals surface area contributed by atoms with Gasteiger partial charge in [-0.1, -0.05) is 50.2 Å². The summed E-state index contributed by atoms with van der Waals surface area (Å²) < 4.78 is 26.5. The van der Waals surface area contributed by atoms with Crippen molar-refractivity contribution >= 4 is 27.5 Å². The van der Waals surface area contributed by atoms with Gasteiger partial charge in [-0.2, -0.15) is 0 Å². The van der Waals surface area contributed by atoms with Crippen molar-refractivity contribution in [3.8, 4) is 0 Å². The van der Waals surface area contributed by atoms with Crippen molar-refractivity contribution in [2.45, 2.75) is 78.8 Å². The molecule has 2 aromatic carbocycles. The van der Waals surface area contributed by atoms with Crippen LogP contribution in [0.2, 0.25) is 0 Å². The average molecular weight is 530 g/mol. The van der Waals surface area contributed by atoms with Gasteiger partial charge in [0.1, 0.15) is 6.04 Å². The van der Waals surface area contributed by atoms with E-state index in [0.717, 1.165) is 23.1 Å². The van der Waals surface area contributed by atoms with E-state index in [1.807, 2.05) is 83.1 Å². The molecule has 0 fully saturated rings. The largest absolute Gasteiger partial charge is 0.352 e. The number of benzene rings is 2. The monoisotopic (exact) mass is 529 g/mol. The minimum atomic E-state index is -3.52. The van der Waals surface area contributed by atoms with Crippen LogP contribution < -0.4 is 9.62 Å². The van der Waals surface area contributed by atoms with E-state index in [-0.39, 0.29) is 30.8 Å². The van der Waals surface area contributed by atoms with Crippen molar-refractivity contribution < 1.29 is 18.0 Å².